The third-order valence-corrected chi connectivity index (χ3v) is 10.4. The summed E-state index contributed by atoms with van der Waals surface area (Å²) in [7, 11) is 0. The van der Waals surface area contributed by atoms with E-state index in [9.17, 15) is 0 Å². The fraction of sp³-hybridized carbons (Fsp3) is 0. The van der Waals surface area contributed by atoms with Crippen LogP contribution in [-0.4, -0.2) is 9.55 Å². The molecule has 0 bridgehead atoms. The zero-order valence-electron chi connectivity index (χ0n) is 29.1. The van der Waals surface area contributed by atoms with Gasteiger partial charge in [0.1, 0.15) is 16.7 Å². The van der Waals surface area contributed by atoms with Crippen molar-refractivity contribution < 1.29 is 8.83 Å². The first-order chi connectivity index (χ1) is 26.7. The number of para-hydroxylation sites is 2. The van der Waals surface area contributed by atoms with Crippen molar-refractivity contribution in [1.29, 1.82) is 0 Å². The van der Waals surface area contributed by atoms with Crippen molar-refractivity contribution >= 4 is 71.9 Å². The average Bonchev–Trinajstić information content (AvgIpc) is 3.92. The summed E-state index contributed by atoms with van der Waals surface area (Å²) in [5.74, 6) is 0.594. The monoisotopic (exact) mass is 693 g/mol. The second-order valence-electron chi connectivity index (χ2n) is 13.6. The highest BCUT2D eigenvalue weighted by molar-refractivity contribution is 6.12. The molecule has 0 saturated heterocycles. The summed E-state index contributed by atoms with van der Waals surface area (Å²) in [6.07, 6.45) is 0. The lowest BCUT2D eigenvalue weighted by Crippen LogP contribution is -2.10. The molecular formula is C49H31N3O2. The molecule has 5 nitrogen and oxygen atoms in total. The first-order valence-electron chi connectivity index (χ1n) is 18.1. The van der Waals surface area contributed by atoms with E-state index in [2.05, 4.69) is 161 Å². The lowest BCUT2D eigenvalue weighted by atomic mass is 10.0. The molecule has 254 valence electrons. The molecule has 0 spiro atoms. The highest BCUT2D eigenvalue weighted by Crippen LogP contribution is 2.43. The van der Waals surface area contributed by atoms with E-state index in [1.54, 1.807) is 0 Å². The Morgan fingerprint density at radius 3 is 1.87 bits per heavy atom. The highest BCUT2D eigenvalue weighted by Gasteiger charge is 2.20. The summed E-state index contributed by atoms with van der Waals surface area (Å²) in [5, 5.41) is 4.41. The molecule has 0 amide bonds. The quantitative estimate of drug-likeness (QED) is 0.174. The van der Waals surface area contributed by atoms with Gasteiger partial charge >= 0.3 is 0 Å². The van der Waals surface area contributed by atoms with E-state index in [0.717, 1.165) is 72.4 Å². The minimum atomic E-state index is 0.594. The molecule has 0 fully saturated rings. The minimum absolute atomic E-state index is 0.594. The number of hydrogen-bond donors (Lipinski definition) is 0. The summed E-state index contributed by atoms with van der Waals surface area (Å²) in [5.41, 5.74) is 12.9. The zero-order chi connectivity index (χ0) is 35.6. The second kappa shape index (κ2) is 12.1. The molecule has 11 rings (SSSR count). The Labute approximate surface area is 310 Å². The summed E-state index contributed by atoms with van der Waals surface area (Å²) in [6, 6.07) is 65.9. The van der Waals surface area contributed by atoms with Crippen molar-refractivity contribution in [3.05, 3.63) is 188 Å². The molecule has 3 heterocycles. The number of anilines is 3. The molecule has 5 heteroatoms. The summed E-state index contributed by atoms with van der Waals surface area (Å²) in [6.45, 7) is 0. The van der Waals surface area contributed by atoms with Gasteiger partial charge in [-0.15, -0.1) is 0 Å². The largest absolute Gasteiger partial charge is 0.456 e. The Bertz CT molecular complexity index is 3160. The number of nitrogens with zero attached hydrogens (tertiary/aromatic N) is 3. The third-order valence-electron chi connectivity index (χ3n) is 10.4. The Kier molecular flexibility index (Phi) is 6.79. The Morgan fingerprint density at radius 2 is 1.04 bits per heavy atom. The molecule has 0 saturated carbocycles. The van der Waals surface area contributed by atoms with Crippen LogP contribution in [0.5, 0.6) is 0 Å². The van der Waals surface area contributed by atoms with E-state index in [1.807, 2.05) is 36.4 Å². The van der Waals surface area contributed by atoms with Crippen molar-refractivity contribution in [1.82, 2.24) is 9.55 Å². The zero-order valence-corrected chi connectivity index (χ0v) is 29.1. The van der Waals surface area contributed by atoms with Crippen LogP contribution in [0.1, 0.15) is 0 Å². The number of hydrogen-bond acceptors (Lipinski definition) is 4. The van der Waals surface area contributed by atoms with Crippen LogP contribution in [0.2, 0.25) is 0 Å². The predicted octanol–water partition coefficient (Wildman–Crippen LogP) is 13.6. The van der Waals surface area contributed by atoms with Crippen LogP contribution >= 0.6 is 0 Å². The lowest BCUT2D eigenvalue weighted by Gasteiger charge is -2.26. The van der Waals surface area contributed by atoms with Gasteiger partial charge in [0.15, 0.2) is 5.58 Å². The van der Waals surface area contributed by atoms with Gasteiger partial charge in [0.05, 0.1) is 11.0 Å². The Balaban J connectivity index is 1.13. The van der Waals surface area contributed by atoms with Gasteiger partial charge in [0.2, 0.25) is 5.89 Å². The van der Waals surface area contributed by atoms with Gasteiger partial charge in [-0.1, -0.05) is 103 Å². The molecule has 0 aliphatic heterocycles. The van der Waals surface area contributed by atoms with Gasteiger partial charge in [-0.05, 0) is 90.0 Å². The van der Waals surface area contributed by atoms with E-state index >= 15 is 0 Å². The molecule has 0 N–H and O–H groups in total. The molecule has 0 aliphatic rings. The fourth-order valence-electron chi connectivity index (χ4n) is 7.88. The standard InChI is InChI=1S/C49H31N3O2/c1-4-13-32(14-5-1)34-17-12-20-36(27-34)51(38-23-25-40-39-21-10-11-22-44(39)52(45(40)29-38)35-18-8-3-9-19-35)37-24-26-46-41(28-37)42-30-48-43(31-47(42)53-46)50-49(54-48)33-15-6-2-7-16-33/h1-31H. The number of oxazole rings is 1. The van der Waals surface area contributed by atoms with E-state index < -0.39 is 0 Å². The van der Waals surface area contributed by atoms with Crippen LogP contribution < -0.4 is 4.90 Å². The van der Waals surface area contributed by atoms with Gasteiger partial charge in [-0.2, -0.15) is 0 Å². The molecule has 11 aromatic rings. The van der Waals surface area contributed by atoms with E-state index in [4.69, 9.17) is 13.8 Å². The minimum Gasteiger partial charge on any atom is -0.456 e. The van der Waals surface area contributed by atoms with Crippen molar-refractivity contribution in [3.8, 4) is 28.3 Å². The van der Waals surface area contributed by atoms with Crippen LogP contribution in [0.3, 0.4) is 0 Å². The topological polar surface area (TPSA) is 47.3 Å². The molecule has 3 aromatic heterocycles. The van der Waals surface area contributed by atoms with Crippen LogP contribution in [0, 0.1) is 0 Å². The first kappa shape index (κ1) is 30.3. The van der Waals surface area contributed by atoms with Crippen molar-refractivity contribution in [2.24, 2.45) is 0 Å². The van der Waals surface area contributed by atoms with Crippen LogP contribution in [0.25, 0.3) is 83.1 Å². The number of furan rings is 1. The third kappa shape index (κ3) is 4.90. The SMILES string of the molecule is c1ccc(-c2cccc(N(c3ccc4oc5cc6nc(-c7ccccc7)oc6cc5c4c3)c3ccc4c5ccccc5n(-c5ccccc5)c4c3)c2)cc1. The van der Waals surface area contributed by atoms with Crippen LogP contribution in [0.15, 0.2) is 197 Å². The maximum absolute atomic E-state index is 6.45. The summed E-state index contributed by atoms with van der Waals surface area (Å²) < 4.78 is 15.1. The highest BCUT2D eigenvalue weighted by atomic mass is 16.4. The van der Waals surface area contributed by atoms with Gasteiger partial charge in [-0.25, -0.2) is 4.98 Å². The predicted molar refractivity (Wildman–Crippen MR) is 221 cm³/mol. The molecule has 0 aliphatic carbocycles. The maximum Gasteiger partial charge on any atom is 0.227 e. The number of fused-ring (bicyclic) bond motifs is 7. The smallest absolute Gasteiger partial charge is 0.227 e. The first-order valence-corrected chi connectivity index (χ1v) is 18.1. The summed E-state index contributed by atoms with van der Waals surface area (Å²) in [4.78, 5) is 7.14. The Hall–Kier alpha value is -7.37. The number of benzene rings is 8. The van der Waals surface area contributed by atoms with Gasteiger partial charge in [-0.3, -0.25) is 0 Å². The number of aromatic nitrogens is 2. The lowest BCUT2D eigenvalue weighted by molar-refractivity contribution is 0.620. The van der Waals surface area contributed by atoms with Crippen LogP contribution in [-0.2, 0) is 0 Å². The molecule has 54 heavy (non-hydrogen) atoms. The van der Waals surface area contributed by atoms with E-state index in [-0.39, 0.29) is 0 Å². The van der Waals surface area contributed by atoms with Crippen molar-refractivity contribution in [2.45, 2.75) is 0 Å². The normalized spacial score (nSPS) is 11.7. The van der Waals surface area contributed by atoms with E-state index in [1.165, 1.54) is 21.9 Å². The Morgan fingerprint density at radius 1 is 0.389 bits per heavy atom. The van der Waals surface area contributed by atoms with Gasteiger partial charge in [0, 0.05) is 55.9 Å². The van der Waals surface area contributed by atoms with Crippen molar-refractivity contribution in [3.63, 3.8) is 0 Å². The average molecular weight is 694 g/mol. The maximum atomic E-state index is 6.45. The molecule has 0 radical (unpaired) electrons. The fourth-order valence-corrected chi connectivity index (χ4v) is 7.88. The molecule has 0 atom stereocenters. The van der Waals surface area contributed by atoms with Crippen LogP contribution in [0.4, 0.5) is 17.1 Å². The number of rotatable bonds is 6. The summed E-state index contributed by atoms with van der Waals surface area (Å²) >= 11 is 0. The van der Waals surface area contributed by atoms with E-state index in [0.29, 0.717) is 5.89 Å². The molecule has 0 unspecified atom stereocenters. The molecular weight excluding hydrogens is 663 g/mol. The molecule has 8 aromatic carbocycles. The van der Waals surface area contributed by atoms with Gasteiger partial charge < -0.3 is 18.3 Å². The van der Waals surface area contributed by atoms with Crippen molar-refractivity contribution in [2.75, 3.05) is 4.90 Å². The second-order valence-corrected chi connectivity index (χ2v) is 13.6. The van der Waals surface area contributed by atoms with Gasteiger partial charge in [0.25, 0.3) is 0 Å².